The van der Waals surface area contributed by atoms with Gasteiger partial charge in [-0.25, -0.2) is 9.78 Å². The van der Waals surface area contributed by atoms with Crippen molar-refractivity contribution in [3.63, 3.8) is 0 Å². The van der Waals surface area contributed by atoms with E-state index in [1.54, 1.807) is 0 Å². The maximum absolute atomic E-state index is 12.2. The Morgan fingerprint density at radius 2 is 2.53 bits per heavy atom. The van der Waals surface area contributed by atoms with E-state index in [1.165, 1.54) is 16.2 Å². The van der Waals surface area contributed by atoms with Crippen LogP contribution in [0, 0.1) is 0 Å². The van der Waals surface area contributed by atoms with Gasteiger partial charge in [-0.15, -0.1) is 11.3 Å². The first-order valence-electron chi connectivity index (χ1n) is 6.87. The fourth-order valence-corrected chi connectivity index (χ4v) is 3.16. The van der Waals surface area contributed by atoms with Crippen molar-refractivity contribution in [2.75, 3.05) is 18.5 Å². The summed E-state index contributed by atoms with van der Waals surface area (Å²) in [5.41, 5.74) is 0. The number of aliphatic hydroxyl groups is 1. The number of amides is 2. The molecule has 1 fully saturated rings. The number of hydrogen-bond acceptors (Lipinski definition) is 4. The average Bonchev–Trinajstić information content (AvgIpc) is 3.04. The molecule has 5 nitrogen and oxygen atoms in total. The van der Waals surface area contributed by atoms with Crippen molar-refractivity contribution in [3.8, 4) is 0 Å². The second kappa shape index (κ2) is 6.86. The summed E-state index contributed by atoms with van der Waals surface area (Å²) in [5, 5.41) is 12.4. The number of anilines is 1. The number of rotatable bonds is 5. The van der Waals surface area contributed by atoms with Gasteiger partial charge in [0.15, 0.2) is 5.13 Å². The molecule has 2 N–H and O–H groups in total. The van der Waals surface area contributed by atoms with Crippen LogP contribution >= 0.6 is 11.3 Å². The van der Waals surface area contributed by atoms with Crippen molar-refractivity contribution in [2.24, 2.45) is 0 Å². The first-order valence-corrected chi connectivity index (χ1v) is 7.69. The third-order valence-corrected chi connectivity index (χ3v) is 4.51. The van der Waals surface area contributed by atoms with Gasteiger partial charge in [0.1, 0.15) is 0 Å². The molecule has 1 aliphatic heterocycles. The summed E-state index contributed by atoms with van der Waals surface area (Å²) < 4.78 is 0. The van der Waals surface area contributed by atoms with Crippen LogP contribution in [0.2, 0.25) is 0 Å². The number of aliphatic hydroxyl groups excluding tert-OH is 1. The smallest absolute Gasteiger partial charge is 0.323 e. The van der Waals surface area contributed by atoms with Gasteiger partial charge < -0.3 is 10.0 Å². The zero-order valence-electron chi connectivity index (χ0n) is 11.3. The van der Waals surface area contributed by atoms with Gasteiger partial charge in [-0.1, -0.05) is 6.92 Å². The molecule has 0 bridgehead atoms. The van der Waals surface area contributed by atoms with Gasteiger partial charge in [0.2, 0.25) is 0 Å². The highest BCUT2D eigenvalue weighted by Gasteiger charge is 2.28. The van der Waals surface area contributed by atoms with Gasteiger partial charge in [-0.3, -0.25) is 5.32 Å². The number of thiazole rings is 1. The van der Waals surface area contributed by atoms with E-state index in [4.69, 9.17) is 5.11 Å². The molecule has 106 valence electrons. The maximum atomic E-state index is 12.2. The average molecular weight is 283 g/mol. The number of likely N-dealkylation sites (tertiary alicyclic amines) is 1. The molecule has 6 heteroatoms. The Balaban J connectivity index is 1.91. The lowest BCUT2D eigenvalue weighted by atomic mass is 10.1. The van der Waals surface area contributed by atoms with Gasteiger partial charge in [0.05, 0.1) is 0 Å². The lowest BCUT2D eigenvalue weighted by Gasteiger charge is -2.24. The molecule has 1 atom stereocenters. The molecule has 0 unspecified atom stereocenters. The van der Waals surface area contributed by atoms with E-state index in [9.17, 15) is 4.79 Å². The zero-order valence-corrected chi connectivity index (χ0v) is 12.1. The SMILES string of the molecule is CCc1cnc(NC(=O)N2CCC[C@H]2CCCO)s1. The summed E-state index contributed by atoms with van der Waals surface area (Å²) in [7, 11) is 0. The van der Waals surface area contributed by atoms with E-state index in [2.05, 4.69) is 17.2 Å². The van der Waals surface area contributed by atoms with Crippen LogP contribution in [0.4, 0.5) is 9.93 Å². The van der Waals surface area contributed by atoms with Gasteiger partial charge in [0, 0.05) is 30.3 Å². The molecule has 1 aromatic heterocycles. The van der Waals surface area contributed by atoms with Crippen molar-refractivity contribution in [3.05, 3.63) is 11.1 Å². The first kappa shape index (κ1) is 14.3. The minimum absolute atomic E-state index is 0.0579. The van der Waals surface area contributed by atoms with Gasteiger partial charge >= 0.3 is 6.03 Å². The van der Waals surface area contributed by atoms with E-state index < -0.39 is 0 Å². The number of nitrogens with zero attached hydrogens (tertiary/aromatic N) is 2. The summed E-state index contributed by atoms with van der Waals surface area (Å²) in [5.74, 6) is 0. The number of carbonyl (C=O) groups is 1. The fourth-order valence-electron chi connectivity index (χ4n) is 2.42. The molecule has 2 heterocycles. The Kier molecular flexibility index (Phi) is 5.15. The van der Waals surface area contributed by atoms with Crippen LogP contribution in [0.25, 0.3) is 0 Å². The summed E-state index contributed by atoms with van der Waals surface area (Å²) >= 11 is 1.53. The molecule has 0 saturated carbocycles. The first-order chi connectivity index (χ1) is 9.24. The van der Waals surface area contributed by atoms with Crippen LogP contribution in [-0.4, -0.2) is 40.2 Å². The molecule has 2 rings (SSSR count). The van der Waals surface area contributed by atoms with Gasteiger partial charge in [-0.05, 0) is 32.1 Å². The number of nitrogens with one attached hydrogen (secondary N) is 1. The largest absolute Gasteiger partial charge is 0.396 e. The lowest BCUT2D eigenvalue weighted by molar-refractivity contribution is 0.197. The minimum Gasteiger partial charge on any atom is -0.396 e. The van der Waals surface area contributed by atoms with Gasteiger partial charge in [0.25, 0.3) is 0 Å². The highest BCUT2D eigenvalue weighted by molar-refractivity contribution is 7.15. The van der Waals surface area contributed by atoms with Crippen LogP contribution in [0.1, 0.15) is 37.5 Å². The second-order valence-corrected chi connectivity index (χ2v) is 5.89. The number of urea groups is 1. The van der Waals surface area contributed by atoms with Crippen molar-refractivity contribution < 1.29 is 9.90 Å². The third-order valence-electron chi connectivity index (χ3n) is 3.45. The van der Waals surface area contributed by atoms with Crippen LogP contribution in [-0.2, 0) is 6.42 Å². The molecule has 2 amide bonds. The Labute approximate surface area is 117 Å². The van der Waals surface area contributed by atoms with Crippen LogP contribution in [0.3, 0.4) is 0 Å². The van der Waals surface area contributed by atoms with Crippen molar-refractivity contribution in [1.29, 1.82) is 0 Å². The minimum atomic E-state index is -0.0579. The van der Waals surface area contributed by atoms with E-state index in [1.807, 2.05) is 11.1 Å². The topological polar surface area (TPSA) is 65.5 Å². The predicted molar refractivity (Wildman–Crippen MR) is 76.6 cm³/mol. The molecule has 0 aliphatic carbocycles. The normalized spacial score (nSPS) is 18.8. The molecule has 1 saturated heterocycles. The number of aromatic nitrogens is 1. The maximum Gasteiger partial charge on any atom is 0.323 e. The van der Waals surface area contributed by atoms with Crippen LogP contribution in [0.15, 0.2) is 6.20 Å². The lowest BCUT2D eigenvalue weighted by Crippen LogP contribution is -2.38. The molecular weight excluding hydrogens is 262 g/mol. The molecule has 0 radical (unpaired) electrons. The number of aryl methyl sites for hydroxylation is 1. The van der Waals surface area contributed by atoms with Crippen LogP contribution < -0.4 is 5.32 Å². The molecule has 0 aromatic carbocycles. The van der Waals surface area contributed by atoms with E-state index in [0.717, 1.165) is 38.6 Å². The molecular formula is C13H21N3O2S. The second-order valence-electron chi connectivity index (χ2n) is 4.77. The van der Waals surface area contributed by atoms with E-state index in [0.29, 0.717) is 5.13 Å². The third kappa shape index (κ3) is 3.67. The predicted octanol–water partition coefficient (Wildman–Crippen LogP) is 2.47. The monoisotopic (exact) mass is 283 g/mol. The summed E-state index contributed by atoms with van der Waals surface area (Å²) in [6, 6.07) is 0.204. The van der Waals surface area contributed by atoms with Crippen LogP contribution in [0.5, 0.6) is 0 Å². The zero-order chi connectivity index (χ0) is 13.7. The molecule has 1 aliphatic rings. The van der Waals surface area contributed by atoms with Crippen molar-refractivity contribution in [1.82, 2.24) is 9.88 Å². The fraction of sp³-hybridized carbons (Fsp3) is 0.692. The Morgan fingerprint density at radius 3 is 3.21 bits per heavy atom. The molecule has 1 aromatic rings. The summed E-state index contributed by atoms with van der Waals surface area (Å²) in [4.78, 5) is 19.5. The van der Waals surface area contributed by atoms with Crippen molar-refractivity contribution >= 4 is 22.5 Å². The Morgan fingerprint density at radius 1 is 1.68 bits per heavy atom. The quantitative estimate of drug-likeness (QED) is 0.872. The highest BCUT2D eigenvalue weighted by Crippen LogP contribution is 2.24. The van der Waals surface area contributed by atoms with E-state index >= 15 is 0 Å². The number of hydrogen-bond donors (Lipinski definition) is 2. The van der Waals surface area contributed by atoms with Crippen molar-refractivity contribution in [2.45, 2.75) is 45.1 Å². The van der Waals surface area contributed by atoms with E-state index in [-0.39, 0.29) is 18.7 Å². The Hall–Kier alpha value is -1.14. The molecule has 0 spiro atoms. The molecule has 19 heavy (non-hydrogen) atoms. The Bertz CT molecular complexity index is 422. The summed E-state index contributed by atoms with van der Waals surface area (Å²) in [6.45, 7) is 3.07. The standard InChI is InChI=1S/C13H21N3O2S/c1-2-11-9-14-12(19-11)15-13(18)16-7-3-5-10(16)6-4-8-17/h9-10,17H,2-8H2,1H3,(H,14,15,18)/t10-/m0/s1. The summed E-state index contributed by atoms with van der Waals surface area (Å²) in [6.07, 6.45) is 6.46. The van der Waals surface area contributed by atoms with Gasteiger partial charge in [-0.2, -0.15) is 0 Å². The highest BCUT2D eigenvalue weighted by atomic mass is 32.1. The number of carbonyl (C=O) groups excluding carboxylic acids is 1.